The number of hydrogen-bond acceptors (Lipinski definition) is 5. The van der Waals surface area contributed by atoms with Crippen molar-refractivity contribution in [2.45, 2.75) is 32.7 Å². The van der Waals surface area contributed by atoms with Crippen LogP contribution in [0.4, 0.5) is 0 Å². The van der Waals surface area contributed by atoms with Crippen LogP contribution >= 0.6 is 0 Å². The Morgan fingerprint density at radius 3 is 2.55 bits per heavy atom. The van der Waals surface area contributed by atoms with E-state index in [4.69, 9.17) is 4.74 Å². The zero-order valence-corrected chi connectivity index (χ0v) is 21.4. The number of aromatic nitrogens is 1. The Hall–Kier alpha value is -4.52. The highest BCUT2D eigenvalue weighted by molar-refractivity contribution is 6.46. The van der Waals surface area contributed by atoms with Gasteiger partial charge in [-0.2, -0.15) is 0 Å². The number of nitrogens with one attached hydrogen (secondary N) is 1. The number of phenols is 1. The molecule has 1 aliphatic rings. The molecule has 7 nitrogen and oxygen atoms in total. The second-order valence-corrected chi connectivity index (χ2v) is 9.52. The first-order valence-electron chi connectivity index (χ1n) is 12.7. The molecule has 1 atom stereocenters. The van der Waals surface area contributed by atoms with Crippen molar-refractivity contribution in [2.75, 3.05) is 13.2 Å². The van der Waals surface area contributed by atoms with Crippen LogP contribution in [0.5, 0.6) is 11.5 Å². The summed E-state index contributed by atoms with van der Waals surface area (Å²) >= 11 is 0. The maximum atomic E-state index is 13.4. The number of aliphatic hydroxyl groups is 1. The summed E-state index contributed by atoms with van der Waals surface area (Å²) in [5.41, 5.74) is 3.94. The highest BCUT2D eigenvalue weighted by Crippen LogP contribution is 2.40. The zero-order valence-electron chi connectivity index (χ0n) is 21.4. The molecule has 194 valence electrons. The summed E-state index contributed by atoms with van der Waals surface area (Å²) in [7, 11) is 0. The van der Waals surface area contributed by atoms with Gasteiger partial charge in [-0.1, -0.05) is 37.3 Å². The monoisotopic (exact) mass is 510 g/mol. The lowest BCUT2D eigenvalue weighted by Crippen LogP contribution is -2.31. The average Bonchev–Trinajstić information content (AvgIpc) is 3.45. The highest BCUT2D eigenvalue weighted by atomic mass is 16.5. The molecular weight excluding hydrogens is 480 g/mol. The summed E-state index contributed by atoms with van der Waals surface area (Å²) in [5, 5.41) is 22.3. The minimum absolute atomic E-state index is 0.0289. The Bertz CT molecular complexity index is 1530. The molecule has 1 aliphatic heterocycles. The molecule has 0 spiro atoms. The third-order valence-electron chi connectivity index (χ3n) is 6.96. The third-order valence-corrected chi connectivity index (χ3v) is 6.96. The van der Waals surface area contributed by atoms with Gasteiger partial charge in [0, 0.05) is 29.2 Å². The largest absolute Gasteiger partial charge is 0.508 e. The molecule has 0 bridgehead atoms. The van der Waals surface area contributed by atoms with Crippen LogP contribution in [-0.2, 0) is 16.0 Å². The van der Waals surface area contributed by atoms with Gasteiger partial charge in [-0.15, -0.1) is 0 Å². The number of nitrogens with zero attached hydrogens (tertiary/aromatic N) is 1. The predicted octanol–water partition coefficient (Wildman–Crippen LogP) is 5.64. The fraction of sp³-hybridized carbons (Fsp3) is 0.226. The molecule has 38 heavy (non-hydrogen) atoms. The molecule has 1 unspecified atom stereocenters. The standard InChI is InChI=1S/C31H30N2O5/c1-3-16-38-26-13-10-21(17-19(26)2)29(35)27-28(20-8-11-23(34)12-9-20)33(31(37)30(27)36)15-14-22-18-32-25-7-5-4-6-24(22)25/h4-13,17-18,28,32,34-35H,3,14-16H2,1-2H3/b29-27+. The first-order valence-corrected chi connectivity index (χ1v) is 12.7. The molecule has 1 fully saturated rings. The van der Waals surface area contributed by atoms with Crippen LogP contribution in [0.25, 0.3) is 16.7 Å². The van der Waals surface area contributed by atoms with Crippen molar-refractivity contribution in [1.82, 2.24) is 9.88 Å². The number of phenolic OH excluding ortho intramolecular Hbond substituents is 1. The maximum absolute atomic E-state index is 13.4. The van der Waals surface area contributed by atoms with Gasteiger partial charge in [-0.05, 0) is 72.9 Å². The highest BCUT2D eigenvalue weighted by Gasteiger charge is 2.45. The van der Waals surface area contributed by atoms with E-state index in [0.29, 0.717) is 29.9 Å². The van der Waals surface area contributed by atoms with E-state index in [9.17, 15) is 19.8 Å². The lowest BCUT2D eigenvalue weighted by atomic mass is 9.94. The molecule has 5 rings (SSSR count). The van der Waals surface area contributed by atoms with E-state index in [-0.39, 0.29) is 23.6 Å². The van der Waals surface area contributed by atoms with E-state index in [1.807, 2.05) is 44.3 Å². The summed E-state index contributed by atoms with van der Waals surface area (Å²) in [6.45, 7) is 4.75. The Morgan fingerprint density at radius 2 is 1.82 bits per heavy atom. The SMILES string of the molecule is CCCOc1ccc(/C(O)=C2\C(=O)C(=O)N(CCc3c[nH]c4ccccc34)C2c2ccc(O)cc2)cc1C. The Morgan fingerprint density at radius 1 is 1.05 bits per heavy atom. The molecule has 2 heterocycles. The lowest BCUT2D eigenvalue weighted by molar-refractivity contribution is -0.139. The normalized spacial score (nSPS) is 16.9. The van der Waals surface area contributed by atoms with Gasteiger partial charge in [0.05, 0.1) is 18.2 Å². The number of amides is 1. The lowest BCUT2D eigenvalue weighted by Gasteiger charge is -2.25. The van der Waals surface area contributed by atoms with Gasteiger partial charge in [-0.25, -0.2) is 0 Å². The van der Waals surface area contributed by atoms with E-state index in [0.717, 1.165) is 28.5 Å². The molecule has 0 radical (unpaired) electrons. The number of carbonyl (C=O) groups excluding carboxylic acids is 2. The number of para-hydroxylation sites is 1. The van der Waals surface area contributed by atoms with Crippen LogP contribution in [-0.4, -0.2) is 44.9 Å². The number of fused-ring (bicyclic) bond motifs is 1. The number of hydrogen-bond donors (Lipinski definition) is 3. The number of likely N-dealkylation sites (tertiary alicyclic amines) is 1. The van der Waals surface area contributed by atoms with E-state index >= 15 is 0 Å². The molecule has 1 aromatic heterocycles. The van der Waals surface area contributed by atoms with Gasteiger partial charge < -0.3 is 24.8 Å². The number of aliphatic hydroxyl groups excluding tert-OH is 1. The fourth-order valence-corrected chi connectivity index (χ4v) is 5.02. The molecule has 4 aromatic rings. The number of aromatic hydroxyl groups is 1. The van der Waals surface area contributed by atoms with Crippen LogP contribution < -0.4 is 4.74 Å². The van der Waals surface area contributed by atoms with Crippen LogP contribution in [0.2, 0.25) is 0 Å². The van der Waals surface area contributed by atoms with Gasteiger partial charge in [0.2, 0.25) is 0 Å². The maximum Gasteiger partial charge on any atom is 0.295 e. The molecule has 1 saturated heterocycles. The van der Waals surface area contributed by atoms with Crippen molar-refractivity contribution in [3.8, 4) is 11.5 Å². The Kier molecular flexibility index (Phi) is 6.92. The summed E-state index contributed by atoms with van der Waals surface area (Å²) in [4.78, 5) is 31.4. The summed E-state index contributed by atoms with van der Waals surface area (Å²) in [6.07, 6.45) is 3.31. The zero-order chi connectivity index (χ0) is 26.8. The van der Waals surface area contributed by atoms with E-state index in [1.54, 1.807) is 30.3 Å². The van der Waals surface area contributed by atoms with Gasteiger partial charge in [-0.3, -0.25) is 9.59 Å². The van der Waals surface area contributed by atoms with E-state index in [2.05, 4.69) is 4.98 Å². The van der Waals surface area contributed by atoms with Crippen molar-refractivity contribution >= 4 is 28.4 Å². The van der Waals surface area contributed by atoms with Crippen molar-refractivity contribution < 1.29 is 24.5 Å². The van der Waals surface area contributed by atoms with Crippen molar-refractivity contribution in [1.29, 1.82) is 0 Å². The Balaban J connectivity index is 1.54. The number of H-pyrrole nitrogens is 1. The average molecular weight is 511 g/mol. The van der Waals surface area contributed by atoms with Crippen molar-refractivity contribution in [3.05, 3.63) is 101 Å². The van der Waals surface area contributed by atoms with Gasteiger partial charge in [0.1, 0.15) is 17.3 Å². The number of Topliss-reactive ketones (excluding diaryl/α,β-unsaturated/α-hetero) is 1. The number of aryl methyl sites for hydroxylation is 1. The number of benzene rings is 3. The number of ether oxygens (including phenoxy) is 1. The fourth-order valence-electron chi connectivity index (χ4n) is 5.02. The van der Waals surface area contributed by atoms with Crippen molar-refractivity contribution in [2.24, 2.45) is 0 Å². The molecule has 3 aromatic carbocycles. The topological polar surface area (TPSA) is 103 Å². The van der Waals surface area contributed by atoms with Gasteiger partial charge >= 0.3 is 0 Å². The number of carbonyl (C=O) groups is 2. The second kappa shape index (κ2) is 10.5. The van der Waals surface area contributed by atoms with Crippen LogP contribution in [0.15, 0.2) is 78.5 Å². The van der Waals surface area contributed by atoms with E-state index in [1.165, 1.54) is 17.0 Å². The minimum Gasteiger partial charge on any atom is -0.508 e. The molecule has 3 N–H and O–H groups in total. The molecule has 7 heteroatoms. The van der Waals surface area contributed by atoms with Gasteiger partial charge in [0.15, 0.2) is 0 Å². The molecule has 1 amide bonds. The smallest absolute Gasteiger partial charge is 0.295 e. The summed E-state index contributed by atoms with van der Waals surface area (Å²) < 4.78 is 5.75. The van der Waals surface area contributed by atoms with Gasteiger partial charge in [0.25, 0.3) is 11.7 Å². The minimum atomic E-state index is -0.794. The third kappa shape index (κ3) is 4.63. The predicted molar refractivity (Wildman–Crippen MR) is 146 cm³/mol. The first-order chi connectivity index (χ1) is 18.4. The summed E-state index contributed by atoms with van der Waals surface area (Å²) in [5.74, 6) is -0.853. The second-order valence-electron chi connectivity index (χ2n) is 9.52. The summed E-state index contributed by atoms with van der Waals surface area (Å²) in [6, 6.07) is 18.7. The Labute approximate surface area is 221 Å². The van der Waals surface area contributed by atoms with Crippen LogP contribution in [0.3, 0.4) is 0 Å². The molecule has 0 saturated carbocycles. The van der Waals surface area contributed by atoms with Crippen LogP contribution in [0.1, 0.15) is 41.6 Å². The number of aromatic amines is 1. The molecule has 0 aliphatic carbocycles. The first kappa shape index (κ1) is 25.1. The number of ketones is 1. The quantitative estimate of drug-likeness (QED) is 0.162. The van der Waals surface area contributed by atoms with Crippen molar-refractivity contribution in [3.63, 3.8) is 0 Å². The molecular formula is C31H30N2O5. The number of rotatable bonds is 8. The van der Waals surface area contributed by atoms with Crippen LogP contribution in [0, 0.1) is 6.92 Å². The van der Waals surface area contributed by atoms with E-state index < -0.39 is 17.7 Å².